The van der Waals surface area contributed by atoms with Crippen LogP contribution < -0.4 is 0 Å². The van der Waals surface area contributed by atoms with Gasteiger partial charge in [0, 0.05) is 79.6 Å². The first kappa shape index (κ1) is 71.2. The average Bonchev–Trinajstić information content (AvgIpc) is 4.06. The van der Waals surface area contributed by atoms with Crippen LogP contribution in [0.5, 0.6) is 0 Å². The summed E-state index contributed by atoms with van der Waals surface area (Å²) in [5.74, 6) is 3.39. The molecule has 0 saturated heterocycles. The van der Waals surface area contributed by atoms with Crippen molar-refractivity contribution in [3.63, 3.8) is 0 Å². The van der Waals surface area contributed by atoms with Gasteiger partial charge in [-0.25, -0.2) is 4.98 Å². The Bertz CT molecular complexity index is 2030. The van der Waals surface area contributed by atoms with Crippen molar-refractivity contribution in [1.82, 2.24) is 49.6 Å². The van der Waals surface area contributed by atoms with E-state index < -0.39 is 0 Å². The third-order valence-corrected chi connectivity index (χ3v) is 12.1. The maximum atomic E-state index is 5.31. The topological polar surface area (TPSA) is 144 Å². The summed E-state index contributed by atoms with van der Waals surface area (Å²) < 4.78 is 22.0. The molecule has 13 heteroatoms. The molecule has 78 heavy (non-hydrogen) atoms. The summed E-state index contributed by atoms with van der Waals surface area (Å²) in [7, 11) is 0. The molecule has 0 atom stereocenters. The lowest BCUT2D eigenvalue weighted by Crippen LogP contribution is -2.23. The van der Waals surface area contributed by atoms with Gasteiger partial charge in [0.1, 0.15) is 11.5 Å². The van der Waals surface area contributed by atoms with E-state index in [-0.39, 0.29) is 65.4 Å². The molecule has 0 saturated carbocycles. The lowest BCUT2D eigenvalue weighted by atomic mass is 9.88. The Hall–Kier alpha value is -4.81. The Morgan fingerprint density at radius 1 is 0.372 bits per heavy atom. The van der Waals surface area contributed by atoms with E-state index in [2.05, 4.69) is 326 Å². The maximum absolute atomic E-state index is 5.31. The van der Waals surface area contributed by atoms with Gasteiger partial charge in [0.25, 0.3) is 0 Å². The van der Waals surface area contributed by atoms with E-state index in [1.807, 2.05) is 21.9 Å². The lowest BCUT2D eigenvalue weighted by Gasteiger charge is -2.20. The van der Waals surface area contributed by atoms with Crippen molar-refractivity contribution in [2.75, 3.05) is 0 Å². The summed E-state index contributed by atoms with van der Waals surface area (Å²) in [4.78, 5) is 8.79. The predicted octanol–water partition coefficient (Wildman–Crippen LogP) is 18.0. The third kappa shape index (κ3) is 23.9. The molecule has 0 radical (unpaired) electrons. The van der Waals surface area contributed by atoms with Crippen LogP contribution in [-0.4, -0.2) is 49.6 Å². The van der Waals surface area contributed by atoms with Crippen LogP contribution in [0.3, 0.4) is 0 Å². The zero-order valence-electron chi connectivity index (χ0n) is 56.8. The van der Waals surface area contributed by atoms with E-state index in [0.29, 0.717) is 5.89 Å². The molecule has 444 valence electrons. The minimum Gasteiger partial charge on any atom is -0.361 e. The van der Waals surface area contributed by atoms with Crippen molar-refractivity contribution >= 4 is 0 Å². The van der Waals surface area contributed by atoms with Gasteiger partial charge in [-0.05, 0) is 79.4 Å². The summed E-state index contributed by atoms with van der Waals surface area (Å²) >= 11 is 0. The van der Waals surface area contributed by atoms with Crippen LogP contribution in [-0.2, 0) is 65.4 Å². The second kappa shape index (κ2) is 24.9. The van der Waals surface area contributed by atoms with Crippen LogP contribution >= 0.6 is 0 Å². The first-order valence-corrected chi connectivity index (χ1v) is 28.2. The summed E-state index contributed by atoms with van der Waals surface area (Å²) in [5.41, 5.74) is 6.62. The maximum Gasteiger partial charge on any atom is 0.232 e. The van der Waals surface area contributed by atoms with Crippen LogP contribution in [0.1, 0.15) is 301 Å². The Labute approximate surface area is 476 Å². The molecule has 0 aromatic carbocycles. The highest BCUT2D eigenvalue weighted by atomic mass is 16.5. The molecular weight excluding hydrogens is 969 g/mol. The molecule has 0 aliphatic rings. The second-order valence-electron chi connectivity index (χ2n) is 33.3. The van der Waals surface area contributed by atoms with Gasteiger partial charge in [-0.15, -0.1) is 0 Å². The zero-order chi connectivity index (χ0) is 61.7. The minimum absolute atomic E-state index is 0.0347. The number of aromatic nitrogens is 10. The highest BCUT2D eigenvalue weighted by molar-refractivity contribution is 5.20. The predicted molar refractivity (Wildman–Crippen MR) is 327 cm³/mol. The van der Waals surface area contributed by atoms with Gasteiger partial charge in [0.05, 0.1) is 46.4 Å². The molecule has 13 nitrogen and oxygen atoms in total. The first-order chi connectivity index (χ1) is 34.3. The molecule has 6 aromatic heterocycles. The summed E-state index contributed by atoms with van der Waals surface area (Å²) in [5, 5.41) is 21.1. The van der Waals surface area contributed by atoms with E-state index in [1.165, 1.54) is 5.56 Å². The Kier molecular flexibility index (Phi) is 22.7. The number of hydrogen-bond donors (Lipinski definition) is 0. The normalized spacial score (nSPS) is 13.4. The van der Waals surface area contributed by atoms with Crippen molar-refractivity contribution in [3.05, 3.63) is 101 Å². The monoisotopic (exact) mass is 1080 g/mol. The van der Waals surface area contributed by atoms with Gasteiger partial charge in [-0.3, -0.25) is 9.36 Å². The quantitative estimate of drug-likeness (QED) is 0.144. The number of imidazole rings is 1. The highest BCUT2D eigenvalue weighted by Gasteiger charge is 2.29. The van der Waals surface area contributed by atoms with E-state index in [9.17, 15) is 0 Å². The van der Waals surface area contributed by atoms with Gasteiger partial charge in [-0.2, -0.15) is 15.2 Å². The molecule has 6 heterocycles. The molecule has 0 fully saturated rings. The molecular formula is C65H116N10O3. The fourth-order valence-corrected chi connectivity index (χ4v) is 6.05. The van der Waals surface area contributed by atoms with Crippen molar-refractivity contribution < 1.29 is 13.6 Å². The van der Waals surface area contributed by atoms with Crippen LogP contribution in [0.2, 0.25) is 0 Å². The molecule has 0 N–H and O–H groups in total. The Morgan fingerprint density at radius 3 is 0.974 bits per heavy atom. The van der Waals surface area contributed by atoms with E-state index in [0.717, 1.165) is 40.1 Å². The fourth-order valence-electron chi connectivity index (χ4n) is 6.05. The summed E-state index contributed by atoms with van der Waals surface area (Å²) in [6.07, 6.45) is 10.2. The molecule has 0 spiro atoms. The van der Waals surface area contributed by atoms with Crippen LogP contribution in [0.15, 0.2) is 62.9 Å². The van der Waals surface area contributed by atoms with Crippen molar-refractivity contribution in [2.45, 2.75) is 315 Å². The van der Waals surface area contributed by atoms with Crippen LogP contribution in [0.4, 0.5) is 0 Å². The smallest absolute Gasteiger partial charge is 0.232 e. The largest absolute Gasteiger partial charge is 0.361 e. The summed E-state index contributed by atoms with van der Waals surface area (Å²) in [6, 6.07) is 6.21. The van der Waals surface area contributed by atoms with Crippen molar-refractivity contribution in [1.29, 1.82) is 0 Å². The molecule has 6 aromatic rings. The molecule has 0 bridgehead atoms. The van der Waals surface area contributed by atoms with Gasteiger partial charge in [-0.1, -0.05) is 202 Å². The van der Waals surface area contributed by atoms with Gasteiger partial charge < -0.3 is 18.1 Å². The SMILES string of the molecule is CC(C)(C)c1cc(C(C)(C)C)on1.CC(C)(C)c1cc(C(C)(C)C)on1.CC(C)(C)c1ccn(C(C)(C)C)n1.CC(C)(C)c1cn(C(C)(C)C)cn1.CC(C)(C)c1cnn(C(C)(C)C)c1.CC(C)(C)c1noc(C(C)(C)C)n1. The average molecular weight is 1090 g/mol. The summed E-state index contributed by atoms with van der Waals surface area (Å²) in [6.45, 7) is 77.2. The first-order valence-electron chi connectivity index (χ1n) is 28.2. The zero-order valence-corrected chi connectivity index (χ0v) is 56.8. The van der Waals surface area contributed by atoms with Crippen LogP contribution in [0.25, 0.3) is 0 Å². The standard InChI is InChI=1S/3C11H20N2.2C11H19NO.C10H18N2O/c1-10(2,3)9-7-13(8-12-9)11(4,5)6;1-10(2,3)9-7-12-13(8-9)11(4,5)6;1-10(2,3)9-7-8-13(12-9)11(4,5)6;2*1-10(2,3)8-7-9(13-12-8)11(4,5)6;1-9(2,3)7-11-8(13-12-7)10(4,5)6/h3*7-8H,1-6H3;2*7H,1-6H3;1-6H3. The number of hydrogen-bond acceptors (Lipinski definition) is 10. The highest BCUT2D eigenvalue weighted by Crippen LogP contribution is 2.31. The van der Waals surface area contributed by atoms with E-state index >= 15 is 0 Å². The van der Waals surface area contributed by atoms with E-state index in [4.69, 9.17) is 13.6 Å². The second-order valence-corrected chi connectivity index (χ2v) is 33.3. The van der Waals surface area contributed by atoms with Crippen molar-refractivity contribution in [3.8, 4) is 0 Å². The van der Waals surface area contributed by atoms with Crippen molar-refractivity contribution in [2.24, 2.45) is 0 Å². The Morgan fingerprint density at radius 2 is 0.782 bits per heavy atom. The number of rotatable bonds is 0. The molecule has 0 aliphatic heterocycles. The Balaban J connectivity index is 0.000000468. The lowest BCUT2D eigenvalue weighted by molar-refractivity contribution is 0.314. The molecule has 0 amide bonds. The molecule has 6 rings (SSSR count). The molecule has 0 aliphatic carbocycles. The number of nitrogens with zero attached hydrogens (tertiary/aromatic N) is 10. The van der Waals surface area contributed by atoms with Gasteiger partial charge in [0.2, 0.25) is 5.89 Å². The minimum atomic E-state index is -0.0590. The fraction of sp³-hybridized carbons (Fsp3) is 0.738. The van der Waals surface area contributed by atoms with Gasteiger partial charge >= 0.3 is 0 Å². The van der Waals surface area contributed by atoms with Crippen LogP contribution in [0, 0.1) is 0 Å². The van der Waals surface area contributed by atoms with Gasteiger partial charge in [0.15, 0.2) is 5.82 Å². The molecule has 0 unspecified atom stereocenters. The van der Waals surface area contributed by atoms with E-state index in [1.54, 1.807) is 0 Å². The third-order valence-electron chi connectivity index (χ3n) is 12.1.